The van der Waals surface area contributed by atoms with Gasteiger partial charge < -0.3 is 9.52 Å². The number of hydrogen-bond donors (Lipinski definition) is 1. The van der Waals surface area contributed by atoms with Gasteiger partial charge in [-0.15, -0.1) is 0 Å². The topological polar surface area (TPSA) is 33.4 Å². The Morgan fingerprint density at radius 2 is 1.94 bits per heavy atom. The molecule has 2 nitrogen and oxygen atoms in total. The summed E-state index contributed by atoms with van der Waals surface area (Å²) in [6.45, 7) is 6.42. The fourth-order valence-corrected chi connectivity index (χ4v) is 2.13. The average molecular weight is 230 g/mol. The zero-order valence-corrected chi connectivity index (χ0v) is 10.5. The van der Waals surface area contributed by atoms with Gasteiger partial charge in [0.2, 0.25) is 0 Å². The molecule has 1 atom stereocenters. The number of aliphatic hydroxyl groups is 1. The lowest BCUT2D eigenvalue weighted by Crippen LogP contribution is -2.00. The molecular formula is C15H18O2. The smallest absolute Gasteiger partial charge is 0.137 e. The van der Waals surface area contributed by atoms with E-state index in [1.165, 1.54) is 11.1 Å². The molecule has 1 unspecified atom stereocenters. The van der Waals surface area contributed by atoms with Crippen LogP contribution in [-0.2, 0) is 0 Å². The zero-order chi connectivity index (χ0) is 12.4. The second-order valence-electron chi connectivity index (χ2n) is 4.69. The van der Waals surface area contributed by atoms with Crippen LogP contribution in [0.2, 0.25) is 0 Å². The fraction of sp³-hybridized carbons (Fsp3) is 0.333. The predicted molar refractivity (Wildman–Crippen MR) is 68.0 cm³/mol. The summed E-state index contributed by atoms with van der Waals surface area (Å²) in [5.41, 5.74) is 3.41. The first kappa shape index (κ1) is 11.9. The summed E-state index contributed by atoms with van der Waals surface area (Å²) in [6.07, 6.45) is 0.901. The van der Waals surface area contributed by atoms with E-state index in [0.717, 1.165) is 5.56 Å². The van der Waals surface area contributed by atoms with E-state index in [1.54, 1.807) is 18.4 Å². The number of furan rings is 1. The molecule has 2 rings (SSSR count). The van der Waals surface area contributed by atoms with Crippen LogP contribution in [0.3, 0.4) is 0 Å². The van der Waals surface area contributed by atoms with E-state index in [4.69, 9.17) is 4.42 Å². The van der Waals surface area contributed by atoms with Gasteiger partial charge in [-0.2, -0.15) is 0 Å². The van der Waals surface area contributed by atoms with Gasteiger partial charge >= 0.3 is 0 Å². The molecule has 0 radical (unpaired) electrons. The minimum atomic E-state index is -0.676. The third-order valence-electron chi connectivity index (χ3n) is 3.04. The Bertz CT molecular complexity index is 484. The number of aliphatic hydroxyl groups excluding tert-OH is 1. The molecule has 0 aliphatic rings. The molecule has 1 aromatic carbocycles. The van der Waals surface area contributed by atoms with Gasteiger partial charge in [0.15, 0.2) is 0 Å². The highest BCUT2D eigenvalue weighted by Gasteiger charge is 2.14. The quantitative estimate of drug-likeness (QED) is 0.870. The second kappa shape index (κ2) is 4.76. The summed E-state index contributed by atoms with van der Waals surface area (Å²) >= 11 is 0. The van der Waals surface area contributed by atoms with Crippen molar-refractivity contribution in [2.75, 3.05) is 0 Å². The van der Waals surface area contributed by atoms with E-state index in [2.05, 4.69) is 26.8 Å². The maximum absolute atomic E-state index is 10.1. The average Bonchev–Trinajstić information content (AvgIpc) is 2.80. The standard InChI is InChI=1S/C15H18O2/c1-10(2)13-7-6-12(9-11(13)3)15(16)14-5-4-8-17-14/h4-10,15-16H,1-3H3. The molecule has 90 valence electrons. The second-order valence-corrected chi connectivity index (χ2v) is 4.69. The first-order valence-electron chi connectivity index (χ1n) is 5.91. The van der Waals surface area contributed by atoms with Gasteiger partial charge in [-0.25, -0.2) is 0 Å². The Morgan fingerprint density at radius 3 is 2.47 bits per heavy atom. The Kier molecular flexibility index (Phi) is 3.34. The van der Waals surface area contributed by atoms with Gasteiger partial charge in [0, 0.05) is 0 Å². The number of hydrogen-bond acceptors (Lipinski definition) is 2. The van der Waals surface area contributed by atoms with Crippen molar-refractivity contribution in [1.29, 1.82) is 0 Å². The third-order valence-corrected chi connectivity index (χ3v) is 3.04. The first-order valence-corrected chi connectivity index (χ1v) is 5.91. The molecule has 1 heterocycles. The Hall–Kier alpha value is -1.54. The summed E-state index contributed by atoms with van der Waals surface area (Å²) in [4.78, 5) is 0. The Morgan fingerprint density at radius 1 is 1.18 bits per heavy atom. The highest BCUT2D eigenvalue weighted by atomic mass is 16.4. The van der Waals surface area contributed by atoms with Crippen molar-refractivity contribution in [2.24, 2.45) is 0 Å². The van der Waals surface area contributed by atoms with Crippen molar-refractivity contribution in [1.82, 2.24) is 0 Å². The molecule has 0 saturated carbocycles. The predicted octanol–water partition coefficient (Wildman–Crippen LogP) is 3.79. The molecule has 0 bridgehead atoms. The molecule has 0 aliphatic carbocycles. The molecular weight excluding hydrogens is 212 g/mol. The van der Waals surface area contributed by atoms with Crippen molar-refractivity contribution in [2.45, 2.75) is 32.8 Å². The highest BCUT2D eigenvalue weighted by molar-refractivity contribution is 5.36. The summed E-state index contributed by atoms with van der Waals surface area (Å²) in [6, 6.07) is 9.66. The molecule has 0 aliphatic heterocycles. The van der Waals surface area contributed by atoms with E-state index in [0.29, 0.717) is 11.7 Å². The van der Waals surface area contributed by atoms with Crippen LogP contribution < -0.4 is 0 Å². The third kappa shape index (κ3) is 2.42. The molecule has 0 spiro atoms. The van der Waals surface area contributed by atoms with E-state index in [9.17, 15) is 5.11 Å². The van der Waals surface area contributed by atoms with Gasteiger partial charge in [-0.3, -0.25) is 0 Å². The number of rotatable bonds is 3. The van der Waals surface area contributed by atoms with Crippen molar-refractivity contribution in [3.05, 3.63) is 59.0 Å². The van der Waals surface area contributed by atoms with Gasteiger partial charge in [0.05, 0.1) is 6.26 Å². The molecule has 2 aromatic rings. The lowest BCUT2D eigenvalue weighted by atomic mass is 9.94. The molecule has 2 heteroatoms. The highest BCUT2D eigenvalue weighted by Crippen LogP contribution is 2.26. The van der Waals surface area contributed by atoms with Crippen molar-refractivity contribution < 1.29 is 9.52 Å². The summed E-state index contributed by atoms with van der Waals surface area (Å²) in [5, 5.41) is 10.1. The molecule has 1 N–H and O–H groups in total. The molecule has 0 amide bonds. The van der Waals surface area contributed by atoms with Crippen LogP contribution in [0, 0.1) is 6.92 Å². The lowest BCUT2D eigenvalue weighted by molar-refractivity contribution is 0.189. The van der Waals surface area contributed by atoms with Crippen LogP contribution in [0.1, 0.15) is 48.3 Å². The molecule has 0 saturated heterocycles. The van der Waals surface area contributed by atoms with Crippen molar-refractivity contribution >= 4 is 0 Å². The van der Waals surface area contributed by atoms with Crippen molar-refractivity contribution in [3.8, 4) is 0 Å². The van der Waals surface area contributed by atoms with Gasteiger partial charge in [-0.1, -0.05) is 32.0 Å². The Balaban J connectivity index is 2.32. The normalized spacial score (nSPS) is 13.0. The summed E-state index contributed by atoms with van der Waals surface area (Å²) in [7, 11) is 0. The lowest BCUT2D eigenvalue weighted by Gasteiger charge is -2.14. The van der Waals surface area contributed by atoms with Crippen LogP contribution in [0.4, 0.5) is 0 Å². The molecule has 0 fully saturated rings. The van der Waals surface area contributed by atoms with Crippen molar-refractivity contribution in [3.63, 3.8) is 0 Å². The van der Waals surface area contributed by atoms with E-state index in [-0.39, 0.29) is 0 Å². The van der Waals surface area contributed by atoms with Crippen LogP contribution in [0.25, 0.3) is 0 Å². The van der Waals surface area contributed by atoms with Gasteiger partial charge in [0.25, 0.3) is 0 Å². The zero-order valence-electron chi connectivity index (χ0n) is 10.5. The minimum Gasteiger partial charge on any atom is -0.466 e. The first-order chi connectivity index (χ1) is 8.09. The van der Waals surface area contributed by atoms with Gasteiger partial charge in [0.1, 0.15) is 11.9 Å². The Labute approximate surface area is 102 Å². The van der Waals surface area contributed by atoms with Gasteiger partial charge in [-0.05, 0) is 41.7 Å². The van der Waals surface area contributed by atoms with Crippen LogP contribution in [0.15, 0.2) is 41.0 Å². The maximum Gasteiger partial charge on any atom is 0.137 e. The largest absolute Gasteiger partial charge is 0.466 e. The summed E-state index contributed by atoms with van der Waals surface area (Å²) < 4.78 is 5.22. The van der Waals surface area contributed by atoms with Crippen LogP contribution >= 0.6 is 0 Å². The number of aryl methyl sites for hydroxylation is 1. The monoisotopic (exact) mass is 230 g/mol. The van der Waals surface area contributed by atoms with Crippen LogP contribution in [-0.4, -0.2) is 5.11 Å². The SMILES string of the molecule is Cc1cc(C(O)c2ccco2)ccc1C(C)C. The fourth-order valence-electron chi connectivity index (χ4n) is 2.13. The molecule has 1 aromatic heterocycles. The van der Waals surface area contributed by atoms with E-state index < -0.39 is 6.10 Å². The summed E-state index contributed by atoms with van der Waals surface area (Å²) in [5.74, 6) is 1.09. The minimum absolute atomic E-state index is 0.504. The van der Waals surface area contributed by atoms with E-state index >= 15 is 0 Å². The molecule has 17 heavy (non-hydrogen) atoms. The van der Waals surface area contributed by atoms with E-state index in [1.807, 2.05) is 12.1 Å². The number of benzene rings is 1. The van der Waals surface area contributed by atoms with Crippen LogP contribution in [0.5, 0.6) is 0 Å². The maximum atomic E-state index is 10.1.